The lowest BCUT2D eigenvalue weighted by Gasteiger charge is -2.32. The molecule has 2 aliphatic heterocycles. The molecule has 8 heteroatoms. The lowest BCUT2D eigenvalue weighted by molar-refractivity contribution is -0.146. The normalized spacial score (nSPS) is 22.6. The minimum Gasteiger partial charge on any atom is -0.480 e. The SMILES string of the molecule is CCc1nc([C@@H]2CN(C(=O)[C@@H]3Cc4cc(F)ccc4O3)CCO2)n[nH]1. The molecule has 1 amide bonds. The highest BCUT2D eigenvalue weighted by molar-refractivity contribution is 5.82. The lowest BCUT2D eigenvalue weighted by atomic mass is 10.1. The van der Waals surface area contributed by atoms with Gasteiger partial charge in [0, 0.05) is 24.9 Å². The topological polar surface area (TPSA) is 80.3 Å². The molecule has 0 aliphatic carbocycles. The van der Waals surface area contributed by atoms with Gasteiger partial charge in [0.05, 0.1) is 13.2 Å². The van der Waals surface area contributed by atoms with Crippen LogP contribution in [0.25, 0.3) is 0 Å². The Balaban J connectivity index is 1.44. The summed E-state index contributed by atoms with van der Waals surface area (Å²) in [6, 6.07) is 4.33. The number of nitrogens with one attached hydrogen (secondary N) is 1. The number of H-pyrrole nitrogens is 1. The van der Waals surface area contributed by atoms with Crippen molar-refractivity contribution in [2.75, 3.05) is 19.7 Å². The first kappa shape index (κ1) is 16.0. The molecule has 0 radical (unpaired) electrons. The fourth-order valence-corrected chi connectivity index (χ4v) is 3.18. The quantitative estimate of drug-likeness (QED) is 0.909. The van der Waals surface area contributed by atoms with Crippen LogP contribution in [0.4, 0.5) is 4.39 Å². The molecule has 0 spiro atoms. The molecule has 1 fully saturated rings. The molecule has 2 atom stereocenters. The van der Waals surface area contributed by atoms with E-state index in [2.05, 4.69) is 15.2 Å². The number of hydrogen-bond acceptors (Lipinski definition) is 5. The van der Waals surface area contributed by atoms with Gasteiger partial charge in [0.2, 0.25) is 0 Å². The van der Waals surface area contributed by atoms with Gasteiger partial charge >= 0.3 is 0 Å². The van der Waals surface area contributed by atoms with Gasteiger partial charge in [-0.25, -0.2) is 9.37 Å². The highest BCUT2D eigenvalue weighted by atomic mass is 19.1. The van der Waals surface area contributed by atoms with Gasteiger partial charge in [0.1, 0.15) is 23.5 Å². The van der Waals surface area contributed by atoms with Gasteiger partial charge in [0.15, 0.2) is 11.9 Å². The molecule has 132 valence electrons. The molecule has 3 heterocycles. The fourth-order valence-electron chi connectivity index (χ4n) is 3.18. The van der Waals surface area contributed by atoms with Crippen LogP contribution in [0.1, 0.15) is 30.2 Å². The largest absolute Gasteiger partial charge is 0.480 e. The van der Waals surface area contributed by atoms with Crippen LogP contribution in [0.5, 0.6) is 5.75 Å². The summed E-state index contributed by atoms with van der Waals surface area (Å²) in [5.74, 6) is 1.49. The number of ether oxygens (including phenoxy) is 2. The van der Waals surface area contributed by atoms with E-state index >= 15 is 0 Å². The Kier molecular flexibility index (Phi) is 4.12. The van der Waals surface area contributed by atoms with E-state index in [1.807, 2.05) is 6.92 Å². The fraction of sp³-hybridized carbons (Fsp3) is 0.471. The molecule has 4 rings (SSSR count). The second-order valence-electron chi connectivity index (χ2n) is 6.20. The van der Waals surface area contributed by atoms with Gasteiger partial charge < -0.3 is 14.4 Å². The molecule has 1 aromatic carbocycles. The van der Waals surface area contributed by atoms with Crippen molar-refractivity contribution < 1.29 is 18.7 Å². The zero-order valence-corrected chi connectivity index (χ0v) is 13.9. The van der Waals surface area contributed by atoms with E-state index in [9.17, 15) is 9.18 Å². The van der Waals surface area contributed by atoms with Crippen molar-refractivity contribution in [1.29, 1.82) is 0 Å². The van der Waals surface area contributed by atoms with Gasteiger partial charge in [-0.15, -0.1) is 0 Å². The number of hydrogen-bond donors (Lipinski definition) is 1. The van der Waals surface area contributed by atoms with Crippen molar-refractivity contribution in [3.05, 3.63) is 41.2 Å². The molecule has 25 heavy (non-hydrogen) atoms. The van der Waals surface area contributed by atoms with Crippen LogP contribution in [0.3, 0.4) is 0 Å². The second-order valence-corrected chi connectivity index (χ2v) is 6.20. The average molecular weight is 346 g/mol. The number of aromatic amines is 1. The van der Waals surface area contributed by atoms with Crippen LogP contribution in [0, 0.1) is 5.82 Å². The van der Waals surface area contributed by atoms with E-state index in [-0.39, 0.29) is 17.8 Å². The van der Waals surface area contributed by atoms with Crippen LogP contribution in [-0.4, -0.2) is 51.8 Å². The number of benzene rings is 1. The Morgan fingerprint density at radius 1 is 1.48 bits per heavy atom. The van der Waals surface area contributed by atoms with Crippen molar-refractivity contribution in [3.63, 3.8) is 0 Å². The maximum atomic E-state index is 13.3. The Labute approximate surface area is 144 Å². The zero-order valence-electron chi connectivity index (χ0n) is 13.9. The van der Waals surface area contributed by atoms with Gasteiger partial charge in [-0.2, -0.15) is 5.10 Å². The number of fused-ring (bicyclic) bond motifs is 1. The third-order valence-electron chi connectivity index (χ3n) is 4.52. The predicted molar refractivity (Wildman–Crippen MR) is 85.6 cm³/mol. The van der Waals surface area contributed by atoms with Gasteiger partial charge in [-0.1, -0.05) is 6.92 Å². The number of aromatic nitrogens is 3. The van der Waals surface area contributed by atoms with Crippen LogP contribution in [-0.2, 0) is 22.4 Å². The monoisotopic (exact) mass is 346 g/mol. The molecule has 1 saturated heterocycles. The predicted octanol–water partition coefficient (Wildman–Crippen LogP) is 1.41. The number of carbonyl (C=O) groups is 1. The third kappa shape index (κ3) is 3.09. The van der Waals surface area contributed by atoms with Gasteiger partial charge in [-0.05, 0) is 18.2 Å². The minimum absolute atomic E-state index is 0.115. The lowest BCUT2D eigenvalue weighted by Crippen LogP contribution is -2.48. The number of rotatable bonds is 3. The number of halogens is 1. The van der Waals surface area contributed by atoms with E-state index in [0.29, 0.717) is 37.7 Å². The Morgan fingerprint density at radius 3 is 3.16 bits per heavy atom. The molecule has 1 N–H and O–H groups in total. The standard InChI is InChI=1S/C17H19FN4O3/c1-2-15-19-16(21-20-15)14-9-22(5-6-24-14)17(23)13-8-10-7-11(18)3-4-12(10)25-13/h3-4,7,13-14H,2,5-6,8-9H2,1H3,(H,19,20,21)/t13-,14-/m0/s1. The number of amides is 1. The van der Waals surface area contributed by atoms with Crippen molar-refractivity contribution in [1.82, 2.24) is 20.1 Å². The summed E-state index contributed by atoms with van der Waals surface area (Å²) in [5, 5.41) is 7.04. The molecule has 0 saturated carbocycles. The van der Waals surface area contributed by atoms with Crippen molar-refractivity contribution in [3.8, 4) is 5.75 Å². The van der Waals surface area contributed by atoms with Crippen LogP contribution in [0.15, 0.2) is 18.2 Å². The van der Waals surface area contributed by atoms with Crippen LogP contribution in [0.2, 0.25) is 0 Å². The van der Waals surface area contributed by atoms with Crippen molar-refractivity contribution in [2.45, 2.75) is 32.0 Å². The van der Waals surface area contributed by atoms with E-state index in [1.165, 1.54) is 12.1 Å². The Morgan fingerprint density at radius 2 is 2.36 bits per heavy atom. The van der Waals surface area contributed by atoms with E-state index in [4.69, 9.17) is 9.47 Å². The summed E-state index contributed by atoms with van der Waals surface area (Å²) in [4.78, 5) is 18.9. The molecule has 7 nitrogen and oxygen atoms in total. The Bertz CT molecular complexity index is 794. The van der Waals surface area contributed by atoms with Crippen molar-refractivity contribution in [2.24, 2.45) is 0 Å². The zero-order chi connectivity index (χ0) is 17.4. The third-order valence-corrected chi connectivity index (χ3v) is 4.52. The number of aryl methyl sites for hydroxylation is 1. The van der Waals surface area contributed by atoms with Crippen LogP contribution >= 0.6 is 0 Å². The molecule has 0 bridgehead atoms. The summed E-state index contributed by atoms with van der Waals surface area (Å²) in [7, 11) is 0. The van der Waals surface area contributed by atoms with Crippen molar-refractivity contribution >= 4 is 5.91 Å². The number of carbonyl (C=O) groups excluding carboxylic acids is 1. The molecule has 2 aliphatic rings. The van der Waals surface area contributed by atoms with E-state index in [1.54, 1.807) is 11.0 Å². The molecular weight excluding hydrogens is 327 g/mol. The van der Waals surface area contributed by atoms with Gasteiger partial charge in [-0.3, -0.25) is 9.89 Å². The first-order valence-corrected chi connectivity index (χ1v) is 8.40. The summed E-state index contributed by atoms with van der Waals surface area (Å²) < 4.78 is 24.7. The highest BCUT2D eigenvalue weighted by Gasteiger charge is 2.36. The van der Waals surface area contributed by atoms with Crippen LogP contribution < -0.4 is 4.74 Å². The van der Waals surface area contributed by atoms with E-state index < -0.39 is 6.10 Å². The van der Waals surface area contributed by atoms with E-state index in [0.717, 1.165) is 17.8 Å². The first-order valence-electron chi connectivity index (χ1n) is 8.40. The number of nitrogens with zero attached hydrogens (tertiary/aromatic N) is 3. The number of morpholine rings is 1. The molecule has 2 aromatic rings. The maximum absolute atomic E-state index is 13.3. The molecule has 0 unspecified atom stereocenters. The smallest absolute Gasteiger partial charge is 0.264 e. The Hall–Kier alpha value is -2.48. The average Bonchev–Trinajstić information content (AvgIpc) is 3.27. The van der Waals surface area contributed by atoms with Gasteiger partial charge in [0.25, 0.3) is 5.91 Å². The molecule has 1 aromatic heterocycles. The molecular formula is C17H19FN4O3. The highest BCUT2D eigenvalue weighted by Crippen LogP contribution is 2.31. The minimum atomic E-state index is -0.617. The summed E-state index contributed by atoms with van der Waals surface area (Å²) >= 11 is 0. The first-order chi connectivity index (χ1) is 12.1. The maximum Gasteiger partial charge on any atom is 0.264 e. The second kappa shape index (κ2) is 6.44. The summed E-state index contributed by atoms with van der Waals surface area (Å²) in [6.07, 6.45) is 0.172. The summed E-state index contributed by atoms with van der Waals surface area (Å²) in [5.41, 5.74) is 0.727. The summed E-state index contributed by atoms with van der Waals surface area (Å²) in [6.45, 7) is 3.27.